The zero-order chi connectivity index (χ0) is 16.7. The van der Waals surface area contributed by atoms with E-state index in [-0.39, 0.29) is 5.69 Å². The van der Waals surface area contributed by atoms with Gasteiger partial charge in [0, 0.05) is 0 Å². The molecule has 0 saturated carbocycles. The van der Waals surface area contributed by atoms with Crippen LogP contribution in [0.15, 0.2) is 36.4 Å². The molecule has 0 amide bonds. The number of benzene rings is 2. The Morgan fingerprint density at radius 3 is 1.82 bits per heavy atom. The van der Waals surface area contributed by atoms with E-state index in [0.717, 1.165) is 24.3 Å². The topological polar surface area (TPSA) is 52.0 Å². The van der Waals surface area contributed by atoms with Crippen molar-refractivity contribution in [2.75, 3.05) is 11.5 Å². The number of halogens is 6. The number of hydrogen-bond acceptors (Lipinski definition) is 2. The lowest BCUT2D eigenvalue weighted by molar-refractivity contribution is -0.139. The molecule has 0 aliphatic heterocycles. The van der Waals surface area contributed by atoms with Crippen LogP contribution < -0.4 is 11.5 Å². The highest BCUT2D eigenvalue weighted by atomic mass is 19.4. The van der Waals surface area contributed by atoms with Crippen molar-refractivity contribution in [2.24, 2.45) is 0 Å². The first kappa shape index (κ1) is 16.0. The Hall–Kier alpha value is -2.38. The van der Waals surface area contributed by atoms with Crippen LogP contribution >= 0.6 is 0 Å². The van der Waals surface area contributed by atoms with Gasteiger partial charge in [-0.2, -0.15) is 26.3 Å². The minimum atomic E-state index is -4.94. The van der Waals surface area contributed by atoms with E-state index in [9.17, 15) is 26.3 Å². The second-order valence-electron chi connectivity index (χ2n) is 4.53. The third-order valence-corrected chi connectivity index (χ3v) is 3.09. The molecule has 2 nitrogen and oxygen atoms in total. The van der Waals surface area contributed by atoms with Gasteiger partial charge in [-0.3, -0.25) is 0 Å². The van der Waals surface area contributed by atoms with Crippen LogP contribution in [-0.2, 0) is 12.4 Å². The Kier molecular flexibility index (Phi) is 3.72. The number of alkyl halides is 6. The molecule has 0 aliphatic rings. The van der Waals surface area contributed by atoms with E-state index in [4.69, 9.17) is 11.5 Å². The predicted molar refractivity (Wildman–Crippen MR) is 70.7 cm³/mol. The summed E-state index contributed by atoms with van der Waals surface area (Å²) in [5, 5.41) is 0. The standard InChI is InChI=1S/C14H10F6N2/c15-13(16,17)9-4-2-1-3-7(9)8-5-6-10(21)12(22)11(8)14(18,19)20/h1-6H,21-22H2. The SMILES string of the molecule is Nc1ccc(-c2ccccc2C(F)(F)F)c(C(F)(F)F)c1N. The third kappa shape index (κ3) is 2.81. The summed E-state index contributed by atoms with van der Waals surface area (Å²) < 4.78 is 78.6. The number of hydrogen-bond donors (Lipinski definition) is 2. The van der Waals surface area contributed by atoms with Crippen LogP contribution in [0.1, 0.15) is 11.1 Å². The molecule has 0 aromatic heterocycles. The van der Waals surface area contributed by atoms with Gasteiger partial charge >= 0.3 is 12.4 Å². The van der Waals surface area contributed by atoms with Gasteiger partial charge in [0.2, 0.25) is 0 Å². The summed E-state index contributed by atoms with van der Waals surface area (Å²) in [5.74, 6) is 0. The fourth-order valence-corrected chi connectivity index (χ4v) is 2.13. The summed E-state index contributed by atoms with van der Waals surface area (Å²) in [7, 11) is 0. The van der Waals surface area contributed by atoms with Crippen molar-refractivity contribution in [3.05, 3.63) is 47.5 Å². The minimum Gasteiger partial charge on any atom is -0.397 e. The van der Waals surface area contributed by atoms with Crippen molar-refractivity contribution in [3.63, 3.8) is 0 Å². The molecule has 0 bridgehead atoms. The molecule has 0 saturated heterocycles. The van der Waals surface area contributed by atoms with Crippen LogP contribution in [-0.4, -0.2) is 0 Å². The van der Waals surface area contributed by atoms with Crippen LogP contribution in [0, 0.1) is 0 Å². The first-order valence-electron chi connectivity index (χ1n) is 5.95. The largest absolute Gasteiger partial charge is 0.419 e. The van der Waals surface area contributed by atoms with E-state index in [1.54, 1.807) is 0 Å². The second-order valence-corrected chi connectivity index (χ2v) is 4.53. The van der Waals surface area contributed by atoms with Crippen molar-refractivity contribution in [2.45, 2.75) is 12.4 Å². The van der Waals surface area contributed by atoms with Crippen molar-refractivity contribution >= 4 is 11.4 Å². The molecule has 2 rings (SSSR count). The van der Waals surface area contributed by atoms with Gasteiger partial charge in [0.05, 0.1) is 22.5 Å². The zero-order valence-electron chi connectivity index (χ0n) is 10.9. The van der Waals surface area contributed by atoms with E-state index in [2.05, 4.69) is 0 Å². The van der Waals surface area contributed by atoms with Crippen molar-refractivity contribution in [1.29, 1.82) is 0 Å². The van der Waals surface area contributed by atoms with E-state index < -0.39 is 40.3 Å². The molecule has 0 spiro atoms. The number of anilines is 2. The van der Waals surface area contributed by atoms with Crippen molar-refractivity contribution < 1.29 is 26.3 Å². The highest BCUT2D eigenvalue weighted by Crippen LogP contribution is 2.45. The Morgan fingerprint density at radius 1 is 0.682 bits per heavy atom. The first-order valence-corrected chi connectivity index (χ1v) is 5.95. The summed E-state index contributed by atoms with van der Waals surface area (Å²) in [4.78, 5) is 0. The molecule has 22 heavy (non-hydrogen) atoms. The number of nitrogens with two attached hydrogens (primary N) is 2. The van der Waals surface area contributed by atoms with Gasteiger partial charge in [-0.25, -0.2) is 0 Å². The molecule has 8 heteroatoms. The maximum absolute atomic E-state index is 13.2. The molecule has 118 valence electrons. The highest BCUT2D eigenvalue weighted by molar-refractivity contribution is 5.82. The molecule has 0 radical (unpaired) electrons. The molecular formula is C14H10F6N2. The van der Waals surface area contributed by atoms with Crippen LogP contribution in [0.5, 0.6) is 0 Å². The number of nitrogen functional groups attached to an aromatic ring is 2. The number of rotatable bonds is 1. The van der Waals surface area contributed by atoms with Gasteiger partial charge in [-0.1, -0.05) is 24.3 Å². The van der Waals surface area contributed by atoms with Gasteiger partial charge in [0.15, 0.2) is 0 Å². The molecule has 4 N–H and O–H groups in total. The molecule has 0 aliphatic carbocycles. The Morgan fingerprint density at radius 2 is 1.27 bits per heavy atom. The first-order chi connectivity index (χ1) is 10.0. The smallest absolute Gasteiger partial charge is 0.397 e. The zero-order valence-corrected chi connectivity index (χ0v) is 10.9. The lowest BCUT2D eigenvalue weighted by atomic mass is 9.93. The summed E-state index contributed by atoms with van der Waals surface area (Å²) in [6.45, 7) is 0. The van der Waals surface area contributed by atoms with E-state index in [1.807, 2.05) is 0 Å². The van der Waals surface area contributed by atoms with Crippen molar-refractivity contribution in [1.82, 2.24) is 0 Å². The molecule has 0 heterocycles. The summed E-state index contributed by atoms with van der Waals surface area (Å²) >= 11 is 0. The Bertz CT molecular complexity index is 703. The minimum absolute atomic E-state index is 0.347. The van der Waals surface area contributed by atoms with Gasteiger partial charge in [-0.05, 0) is 23.3 Å². The summed E-state index contributed by atoms with van der Waals surface area (Å²) in [5.41, 5.74) is 5.73. The maximum Gasteiger partial charge on any atom is 0.419 e. The van der Waals surface area contributed by atoms with Gasteiger partial charge < -0.3 is 11.5 Å². The maximum atomic E-state index is 13.2. The monoisotopic (exact) mass is 320 g/mol. The molecule has 0 atom stereocenters. The van der Waals surface area contributed by atoms with Crippen LogP contribution in [0.3, 0.4) is 0 Å². The van der Waals surface area contributed by atoms with Crippen LogP contribution in [0.4, 0.5) is 37.7 Å². The molecular weight excluding hydrogens is 310 g/mol. The fraction of sp³-hybridized carbons (Fsp3) is 0.143. The lowest BCUT2D eigenvalue weighted by Gasteiger charge is -2.19. The average Bonchev–Trinajstić information content (AvgIpc) is 2.39. The summed E-state index contributed by atoms with van der Waals surface area (Å²) in [6, 6.07) is 5.93. The molecule has 2 aromatic carbocycles. The Labute approximate surface area is 121 Å². The van der Waals surface area contributed by atoms with E-state index in [0.29, 0.717) is 6.07 Å². The van der Waals surface area contributed by atoms with Gasteiger partial charge in [-0.15, -0.1) is 0 Å². The third-order valence-electron chi connectivity index (χ3n) is 3.09. The predicted octanol–water partition coefficient (Wildman–Crippen LogP) is 4.56. The fourth-order valence-electron chi connectivity index (χ4n) is 2.13. The van der Waals surface area contributed by atoms with Gasteiger partial charge in [0.25, 0.3) is 0 Å². The van der Waals surface area contributed by atoms with Crippen LogP contribution in [0.25, 0.3) is 11.1 Å². The van der Waals surface area contributed by atoms with Gasteiger partial charge in [0.1, 0.15) is 0 Å². The van der Waals surface area contributed by atoms with E-state index in [1.165, 1.54) is 6.07 Å². The lowest BCUT2D eigenvalue weighted by Crippen LogP contribution is -2.14. The van der Waals surface area contributed by atoms with Crippen LogP contribution in [0.2, 0.25) is 0 Å². The summed E-state index contributed by atoms with van der Waals surface area (Å²) in [6.07, 6.45) is -9.73. The normalized spacial score (nSPS) is 12.5. The highest BCUT2D eigenvalue weighted by Gasteiger charge is 2.40. The quantitative estimate of drug-likeness (QED) is 0.598. The molecule has 0 unspecified atom stereocenters. The molecule has 0 fully saturated rings. The average molecular weight is 320 g/mol. The second kappa shape index (κ2) is 5.11. The Balaban J connectivity index is 2.83. The molecule has 2 aromatic rings. The van der Waals surface area contributed by atoms with Crippen molar-refractivity contribution in [3.8, 4) is 11.1 Å². The van der Waals surface area contributed by atoms with E-state index >= 15 is 0 Å².